The second-order valence-corrected chi connectivity index (χ2v) is 7.78. The molecule has 2 heterocycles. The zero-order chi connectivity index (χ0) is 20.3. The van der Waals surface area contributed by atoms with Crippen molar-refractivity contribution in [2.24, 2.45) is 0 Å². The Kier molecular flexibility index (Phi) is 8.90. The number of ether oxygens (including phenoxy) is 1. The second-order valence-electron chi connectivity index (χ2n) is 7.78. The van der Waals surface area contributed by atoms with Gasteiger partial charge in [0.1, 0.15) is 0 Å². The second kappa shape index (κ2) is 11.9. The van der Waals surface area contributed by atoms with Crippen LogP contribution in [0.2, 0.25) is 0 Å². The minimum atomic E-state index is 0.185. The average molecular weight is 400 g/mol. The molecule has 0 bridgehead atoms. The monoisotopic (exact) mass is 399 g/mol. The average Bonchev–Trinajstić information content (AvgIpc) is 2.77. The first-order valence-corrected chi connectivity index (χ1v) is 10.7. The highest BCUT2D eigenvalue weighted by atomic mass is 16.5. The van der Waals surface area contributed by atoms with Crippen LogP contribution in [0.1, 0.15) is 12.0 Å². The molecule has 0 aromatic heterocycles. The van der Waals surface area contributed by atoms with Gasteiger partial charge in [-0.1, -0.05) is 30.3 Å². The number of hydrogen-bond donors (Lipinski definition) is 0. The molecule has 2 aliphatic heterocycles. The minimum absolute atomic E-state index is 0.185. The molecule has 7 nitrogen and oxygen atoms in total. The van der Waals surface area contributed by atoms with E-state index < -0.39 is 0 Å². The zero-order valence-corrected chi connectivity index (χ0v) is 17.3. The van der Waals surface area contributed by atoms with E-state index in [1.165, 1.54) is 5.56 Å². The molecule has 0 N–H and O–H groups in total. The van der Waals surface area contributed by atoms with Gasteiger partial charge in [0.2, 0.25) is 5.91 Å². The van der Waals surface area contributed by atoms with Gasteiger partial charge in [-0.3, -0.25) is 19.5 Å². The first-order valence-electron chi connectivity index (χ1n) is 10.7. The summed E-state index contributed by atoms with van der Waals surface area (Å²) >= 11 is 0. The van der Waals surface area contributed by atoms with E-state index in [4.69, 9.17) is 10.00 Å². The van der Waals surface area contributed by atoms with Crippen LogP contribution in [0.4, 0.5) is 0 Å². The Bertz CT molecular complexity index is 649. The van der Waals surface area contributed by atoms with Crippen LogP contribution in [0.5, 0.6) is 0 Å². The van der Waals surface area contributed by atoms with Crippen LogP contribution in [0.15, 0.2) is 30.3 Å². The third kappa shape index (κ3) is 7.41. The van der Waals surface area contributed by atoms with Crippen molar-refractivity contribution in [3.8, 4) is 6.07 Å². The molecular weight excluding hydrogens is 366 g/mol. The molecule has 0 radical (unpaired) electrons. The highest BCUT2D eigenvalue weighted by Gasteiger charge is 2.23. The third-order valence-corrected chi connectivity index (χ3v) is 5.71. The number of piperazine rings is 1. The van der Waals surface area contributed by atoms with Gasteiger partial charge in [0.25, 0.3) is 0 Å². The van der Waals surface area contributed by atoms with E-state index in [2.05, 4.69) is 45.0 Å². The van der Waals surface area contributed by atoms with Crippen molar-refractivity contribution in [3.05, 3.63) is 35.9 Å². The summed E-state index contributed by atoms with van der Waals surface area (Å²) in [5.74, 6) is 0.185. The Labute approximate surface area is 174 Å². The van der Waals surface area contributed by atoms with Gasteiger partial charge in [-0.2, -0.15) is 5.26 Å². The van der Waals surface area contributed by atoms with Gasteiger partial charge in [-0.25, -0.2) is 0 Å². The largest absolute Gasteiger partial charge is 0.379 e. The molecule has 0 aliphatic carbocycles. The predicted octanol–water partition coefficient (Wildman–Crippen LogP) is 0.879. The highest BCUT2D eigenvalue weighted by molar-refractivity contribution is 5.78. The molecule has 0 unspecified atom stereocenters. The van der Waals surface area contributed by atoms with E-state index in [9.17, 15) is 4.79 Å². The zero-order valence-electron chi connectivity index (χ0n) is 17.3. The lowest BCUT2D eigenvalue weighted by atomic mass is 10.2. The number of nitrogens with zero attached hydrogens (tertiary/aromatic N) is 5. The summed E-state index contributed by atoms with van der Waals surface area (Å²) in [5, 5.41) is 8.96. The summed E-state index contributed by atoms with van der Waals surface area (Å²) in [6.45, 7) is 10.6. The maximum absolute atomic E-state index is 12.8. The molecule has 2 aliphatic rings. The molecule has 0 saturated carbocycles. The summed E-state index contributed by atoms with van der Waals surface area (Å²) in [6, 6.07) is 12.7. The topological polar surface area (TPSA) is 63.1 Å². The molecule has 29 heavy (non-hydrogen) atoms. The molecule has 7 heteroatoms. The van der Waals surface area contributed by atoms with Crippen molar-refractivity contribution in [2.45, 2.75) is 13.0 Å². The van der Waals surface area contributed by atoms with E-state index in [1.54, 1.807) is 0 Å². The number of morpholine rings is 1. The molecule has 1 aromatic rings. The SMILES string of the molecule is N#CCCN(CCN1CCOCC1)CC(=O)N1CCN(Cc2ccccc2)CC1. The maximum atomic E-state index is 12.8. The molecule has 2 fully saturated rings. The Balaban J connectivity index is 1.42. The lowest BCUT2D eigenvalue weighted by Crippen LogP contribution is -2.51. The molecule has 1 amide bonds. The number of hydrogen-bond acceptors (Lipinski definition) is 6. The van der Waals surface area contributed by atoms with Crippen LogP contribution in [0.25, 0.3) is 0 Å². The van der Waals surface area contributed by atoms with Crippen molar-refractivity contribution in [2.75, 3.05) is 78.7 Å². The summed E-state index contributed by atoms with van der Waals surface area (Å²) in [6.07, 6.45) is 0.460. The van der Waals surface area contributed by atoms with Crippen molar-refractivity contribution < 1.29 is 9.53 Å². The normalized spacial score (nSPS) is 18.7. The number of benzene rings is 1. The van der Waals surface area contributed by atoms with Crippen LogP contribution in [-0.4, -0.2) is 104 Å². The number of carbonyl (C=O) groups excluding carboxylic acids is 1. The minimum Gasteiger partial charge on any atom is -0.379 e. The molecule has 0 atom stereocenters. The van der Waals surface area contributed by atoms with Crippen LogP contribution < -0.4 is 0 Å². The van der Waals surface area contributed by atoms with Gasteiger partial charge in [-0.15, -0.1) is 0 Å². The van der Waals surface area contributed by atoms with Crippen LogP contribution in [0, 0.1) is 11.3 Å². The number of amides is 1. The van der Waals surface area contributed by atoms with E-state index in [0.29, 0.717) is 19.5 Å². The lowest BCUT2D eigenvalue weighted by molar-refractivity contribution is -0.134. The van der Waals surface area contributed by atoms with Gasteiger partial charge in [-0.05, 0) is 5.56 Å². The van der Waals surface area contributed by atoms with Crippen LogP contribution >= 0.6 is 0 Å². The van der Waals surface area contributed by atoms with Crippen LogP contribution in [0.3, 0.4) is 0 Å². The summed E-state index contributed by atoms with van der Waals surface area (Å²) in [5.41, 5.74) is 1.32. The van der Waals surface area contributed by atoms with Crippen molar-refractivity contribution >= 4 is 5.91 Å². The fourth-order valence-electron chi connectivity index (χ4n) is 3.87. The standard InChI is InChI=1S/C22H33N5O2/c23-7-4-8-25(10-9-24-15-17-29-18-16-24)20-22(28)27-13-11-26(12-14-27)19-21-5-2-1-3-6-21/h1-3,5-6H,4,8-20H2. The Hall–Kier alpha value is -1.98. The van der Waals surface area contributed by atoms with Crippen molar-refractivity contribution in [3.63, 3.8) is 0 Å². The Morgan fingerprint density at radius 2 is 1.72 bits per heavy atom. The quantitative estimate of drug-likeness (QED) is 0.614. The van der Waals surface area contributed by atoms with E-state index in [-0.39, 0.29) is 5.91 Å². The first-order chi connectivity index (χ1) is 14.2. The number of carbonyl (C=O) groups is 1. The fourth-order valence-corrected chi connectivity index (χ4v) is 3.87. The van der Waals surface area contributed by atoms with Crippen molar-refractivity contribution in [1.29, 1.82) is 5.26 Å². The Morgan fingerprint density at radius 1 is 1.00 bits per heavy atom. The molecule has 0 spiro atoms. The van der Waals surface area contributed by atoms with E-state index in [0.717, 1.165) is 72.1 Å². The van der Waals surface area contributed by atoms with Crippen LogP contribution in [-0.2, 0) is 16.1 Å². The van der Waals surface area contributed by atoms with Crippen molar-refractivity contribution in [1.82, 2.24) is 19.6 Å². The maximum Gasteiger partial charge on any atom is 0.236 e. The third-order valence-electron chi connectivity index (χ3n) is 5.71. The summed E-state index contributed by atoms with van der Waals surface area (Å²) in [4.78, 5) is 21.7. The Morgan fingerprint density at radius 3 is 2.41 bits per heavy atom. The van der Waals surface area contributed by atoms with E-state index >= 15 is 0 Å². The summed E-state index contributed by atoms with van der Waals surface area (Å²) < 4.78 is 5.40. The molecule has 3 rings (SSSR count). The molecule has 2 saturated heterocycles. The van der Waals surface area contributed by atoms with Gasteiger partial charge in [0.15, 0.2) is 0 Å². The number of rotatable bonds is 9. The van der Waals surface area contributed by atoms with Gasteiger partial charge < -0.3 is 9.64 Å². The lowest BCUT2D eigenvalue weighted by Gasteiger charge is -2.36. The van der Waals surface area contributed by atoms with E-state index in [1.807, 2.05) is 11.0 Å². The van der Waals surface area contributed by atoms with Gasteiger partial charge in [0.05, 0.1) is 25.8 Å². The molecule has 1 aromatic carbocycles. The number of nitriles is 1. The molecule has 158 valence electrons. The first kappa shape index (κ1) is 21.7. The highest BCUT2D eigenvalue weighted by Crippen LogP contribution is 2.09. The van der Waals surface area contributed by atoms with Gasteiger partial charge in [0, 0.05) is 71.9 Å². The summed E-state index contributed by atoms with van der Waals surface area (Å²) in [7, 11) is 0. The van der Waals surface area contributed by atoms with Gasteiger partial charge >= 0.3 is 0 Å². The molecular formula is C22H33N5O2. The predicted molar refractivity (Wildman–Crippen MR) is 112 cm³/mol. The fraction of sp³-hybridized carbons (Fsp3) is 0.636. The smallest absolute Gasteiger partial charge is 0.236 e.